The number of halogens is 1. The fourth-order valence-corrected chi connectivity index (χ4v) is 5.45. The van der Waals surface area contributed by atoms with Gasteiger partial charge in [-0.2, -0.15) is 0 Å². The zero-order valence-corrected chi connectivity index (χ0v) is 17.3. The molecule has 162 valence electrons. The van der Waals surface area contributed by atoms with Gasteiger partial charge in [0.15, 0.2) is 0 Å². The van der Waals surface area contributed by atoms with Crippen molar-refractivity contribution in [2.24, 2.45) is 11.8 Å². The highest BCUT2D eigenvalue weighted by atomic mass is 19.1. The van der Waals surface area contributed by atoms with E-state index in [2.05, 4.69) is 16.4 Å². The van der Waals surface area contributed by atoms with Crippen LogP contribution in [0.4, 0.5) is 10.1 Å². The number of aromatic nitrogens is 1. The largest absolute Gasteiger partial charge is 0.361 e. The summed E-state index contributed by atoms with van der Waals surface area (Å²) in [6, 6.07) is 13.8. The monoisotopic (exact) mass is 431 g/mol. The SMILES string of the molecule is O=C(Nc1cccc(F)c1)[C@@H]1[C@H]2C=C[C@@]3(CN(CCc4c[nH]c5ccccc45)C(=O)[C@@H]13)O2. The molecule has 2 aromatic carbocycles. The van der Waals surface area contributed by atoms with E-state index in [4.69, 9.17) is 4.74 Å². The quantitative estimate of drug-likeness (QED) is 0.609. The number of carbonyl (C=O) groups is 2. The molecule has 3 aromatic rings. The third-order valence-corrected chi connectivity index (χ3v) is 6.90. The summed E-state index contributed by atoms with van der Waals surface area (Å²) in [6.07, 6.45) is 6.09. The van der Waals surface area contributed by atoms with Gasteiger partial charge in [-0.1, -0.05) is 36.4 Å². The van der Waals surface area contributed by atoms with Gasteiger partial charge in [-0.25, -0.2) is 4.39 Å². The number of H-pyrrole nitrogens is 1. The van der Waals surface area contributed by atoms with Crippen molar-refractivity contribution in [3.8, 4) is 0 Å². The summed E-state index contributed by atoms with van der Waals surface area (Å²) in [7, 11) is 0. The van der Waals surface area contributed by atoms with E-state index >= 15 is 0 Å². The van der Waals surface area contributed by atoms with E-state index < -0.39 is 29.4 Å². The molecule has 0 unspecified atom stereocenters. The first-order valence-electron chi connectivity index (χ1n) is 10.8. The number of nitrogens with one attached hydrogen (secondary N) is 2. The molecule has 6 nitrogen and oxygen atoms in total. The van der Waals surface area contributed by atoms with Crippen LogP contribution in [0.3, 0.4) is 0 Å². The predicted octanol–water partition coefficient (Wildman–Crippen LogP) is 3.27. The van der Waals surface area contributed by atoms with Crippen LogP contribution in [0.5, 0.6) is 0 Å². The number of carbonyl (C=O) groups excluding carboxylic acids is 2. The smallest absolute Gasteiger partial charge is 0.231 e. The number of likely N-dealkylation sites (tertiary alicyclic amines) is 1. The summed E-state index contributed by atoms with van der Waals surface area (Å²) in [6.45, 7) is 0.995. The van der Waals surface area contributed by atoms with Gasteiger partial charge in [-0.15, -0.1) is 0 Å². The van der Waals surface area contributed by atoms with Gasteiger partial charge in [-0.05, 0) is 36.2 Å². The number of ether oxygens (including phenoxy) is 1. The lowest BCUT2D eigenvalue weighted by atomic mass is 9.77. The minimum Gasteiger partial charge on any atom is -0.361 e. The molecule has 2 amide bonds. The molecule has 0 aliphatic carbocycles. The molecule has 2 fully saturated rings. The number of aromatic amines is 1. The summed E-state index contributed by atoms with van der Waals surface area (Å²) in [5, 5.41) is 3.92. The van der Waals surface area contributed by atoms with E-state index in [1.54, 1.807) is 11.0 Å². The van der Waals surface area contributed by atoms with E-state index in [1.807, 2.05) is 36.5 Å². The maximum Gasteiger partial charge on any atom is 0.231 e. The third kappa shape index (κ3) is 2.88. The van der Waals surface area contributed by atoms with E-state index in [-0.39, 0.29) is 11.8 Å². The van der Waals surface area contributed by atoms with Gasteiger partial charge < -0.3 is 19.9 Å². The Hall–Kier alpha value is -3.45. The molecule has 32 heavy (non-hydrogen) atoms. The molecule has 3 aliphatic rings. The van der Waals surface area contributed by atoms with Gasteiger partial charge >= 0.3 is 0 Å². The normalized spacial score (nSPS) is 28.0. The first-order chi connectivity index (χ1) is 15.5. The highest BCUT2D eigenvalue weighted by Crippen LogP contribution is 2.52. The molecular weight excluding hydrogens is 409 g/mol. The number of para-hydroxylation sites is 1. The number of fused-ring (bicyclic) bond motifs is 2. The molecule has 0 saturated carbocycles. The first-order valence-corrected chi connectivity index (χ1v) is 10.8. The second kappa shape index (κ2) is 7.03. The Morgan fingerprint density at radius 2 is 2.12 bits per heavy atom. The van der Waals surface area contributed by atoms with Crippen LogP contribution in [-0.4, -0.2) is 46.5 Å². The Labute approximate surface area is 184 Å². The fourth-order valence-electron chi connectivity index (χ4n) is 5.45. The Bertz CT molecular complexity index is 1270. The van der Waals surface area contributed by atoms with Crippen LogP contribution in [0.15, 0.2) is 66.9 Å². The van der Waals surface area contributed by atoms with Crippen molar-refractivity contribution < 1.29 is 18.7 Å². The lowest BCUT2D eigenvalue weighted by Gasteiger charge is -2.23. The summed E-state index contributed by atoms with van der Waals surface area (Å²) in [5.41, 5.74) is 1.84. The second-order valence-electron chi connectivity index (χ2n) is 8.77. The van der Waals surface area contributed by atoms with Crippen LogP contribution >= 0.6 is 0 Å². The molecule has 2 saturated heterocycles. The summed E-state index contributed by atoms with van der Waals surface area (Å²) >= 11 is 0. The van der Waals surface area contributed by atoms with Gasteiger partial charge in [0.2, 0.25) is 11.8 Å². The van der Waals surface area contributed by atoms with Crippen molar-refractivity contribution >= 4 is 28.4 Å². The molecular formula is C25H22FN3O3. The number of hydrogen-bond donors (Lipinski definition) is 2. The molecule has 2 N–H and O–H groups in total. The number of rotatable bonds is 5. The van der Waals surface area contributed by atoms with Crippen molar-refractivity contribution in [3.05, 3.63) is 78.3 Å². The maximum atomic E-state index is 13.5. The Morgan fingerprint density at radius 1 is 1.25 bits per heavy atom. The number of hydrogen-bond acceptors (Lipinski definition) is 3. The molecule has 0 radical (unpaired) electrons. The Balaban J connectivity index is 1.20. The molecule has 3 aliphatic heterocycles. The van der Waals surface area contributed by atoms with E-state index in [9.17, 15) is 14.0 Å². The van der Waals surface area contributed by atoms with Crippen molar-refractivity contribution in [1.82, 2.24) is 9.88 Å². The topological polar surface area (TPSA) is 74.4 Å². The van der Waals surface area contributed by atoms with Crippen molar-refractivity contribution in [2.45, 2.75) is 18.1 Å². The highest BCUT2D eigenvalue weighted by Gasteiger charge is 2.66. The minimum atomic E-state index is -0.758. The van der Waals surface area contributed by atoms with Crippen LogP contribution < -0.4 is 5.32 Å². The summed E-state index contributed by atoms with van der Waals surface area (Å²) in [5.74, 6) is -1.99. The standard InChI is InChI=1S/C25H22FN3O3/c26-16-4-3-5-17(12-16)28-23(30)21-20-8-10-25(32-20)14-29(24(31)22(21)25)11-9-15-13-27-19-7-2-1-6-18(15)19/h1-8,10,12-13,20-22,27H,9,11,14H2,(H,28,30)/t20-,21-,22-,25+/m1/s1. The van der Waals surface area contributed by atoms with Gasteiger partial charge in [0.1, 0.15) is 11.4 Å². The minimum absolute atomic E-state index is 0.0592. The van der Waals surface area contributed by atoms with Crippen molar-refractivity contribution in [3.63, 3.8) is 0 Å². The van der Waals surface area contributed by atoms with Crippen LogP contribution in [0.1, 0.15) is 5.56 Å². The summed E-state index contributed by atoms with van der Waals surface area (Å²) < 4.78 is 19.7. The van der Waals surface area contributed by atoms with Gasteiger partial charge in [0.05, 0.1) is 24.5 Å². The zero-order chi connectivity index (χ0) is 21.9. The van der Waals surface area contributed by atoms with Crippen LogP contribution in [0.2, 0.25) is 0 Å². The maximum absolute atomic E-state index is 13.5. The first kappa shape index (κ1) is 19.3. The van der Waals surface area contributed by atoms with Crippen molar-refractivity contribution in [2.75, 3.05) is 18.4 Å². The van der Waals surface area contributed by atoms with Crippen LogP contribution in [0.25, 0.3) is 10.9 Å². The fraction of sp³-hybridized carbons (Fsp3) is 0.280. The molecule has 2 bridgehead atoms. The van der Waals surface area contributed by atoms with Crippen LogP contribution in [-0.2, 0) is 20.7 Å². The lowest BCUT2D eigenvalue weighted by Crippen LogP contribution is -2.41. The number of nitrogens with zero attached hydrogens (tertiary/aromatic N) is 1. The average Bonchev–Trinajstić information content (AvgIpc) is 3.52. The molecule has 1 aromatic heterocycles. The Morgan fingerprint density at radius 3 is 3.00 bits per heavy atom. The number of amides is 2. The van der Waals surface area contributed by atoms with Gasteiger partial charge in [0.25, 0.3) is 0 Å². The zero-order valence-electron chi connectivity index (χ0n) is 17.3. The van der Waals surface area contributed by atoms with Crippen LogP contribution in [0, 0.1) is 17.7 Å². The molecule has 7 heteroatoms. The average molecular weight is 431 g/mol. The van der Waals surface area contributed by atoms with Gasteiger partial charge in [-0.3, -0.25) is 9.59 Å². The van der Waals surface area contributed by atoms with E-state index in [0.717, 1.165) is 16.5 Å². The molecule has 4 heterocycles. The van der Waals surface area contributed by atoms with E-state index in [1.165, 1.54) is 18.2 Å². The molecule has 1 spiro atoms. The summed E-state index contributed by atoms with van der Waals surface area (Å²) in [4.78, 5) is 31.5. The predicted molar refractivity (Wildman–Crippen MR) is 117 cm³/mol. The number of benzene rings is 2. The second-order valence-corrected chi connectivity index (χ2v) is 8.77. The number of anilines is 1. The molecule has 4 atom stereocenters. The highest BCUT2D eigenvalue weighted by molar-refractivity contribution is 5.99. The lowest BCUT2D eigenvalue weighted by molar-refractivity contribution is -0.135. The third-order valence-electron chi connectivity index (χ3n) is 6.90. The Kier molecular flexibility index (Phi) is 4.23. The van der Waals surface area contributed by atoms with Gasteiger partial charge in [0, 0.05) is 29.3 Å². The van der Waals surface area contributed by atoms with Crippen molar-refractivity contribution in [1.29, 1.82) is 0 Å². The van der Waals surface area contributed by atoms with E-state index in [0.29, 0.717) is 25.2 Å². The molecule has 6 rings (SSSR count).